The van der Waals surface area contributed by atoms with Crippen LogP contribution in [0.4, 0.5) is 0 Å². The first-order chi connectivity index (χ1) is 6.18. The molecule has 0 bridgehead atoms. The van der Waals surface area contributed by atoms with Gasteiger partial charge < -0.3 is 9.67 Å². The summed E-state index contributed by atoms with van der Waals surface area (Å²) in [6.45, 7) is 0.744. The third-order valence-corrected chi connectivity index (χ3v) is 2.23. The van der Waals surface area contributed by atoms with Crippen molar-refractivity contribution in [3.05, 3.63) is 23.5 Å². The molecular weight excluding hydrogens is 170 g/mol. The monoisotopic (exact) mass is 179 g/mol. The fraction of sp³-hybridized carbons (Fsp3) is 0.333. The largest absolute Gasteiger partial charge is 0.478 e. The Bertz CT molecular complexity index is 378. The number of ketones is 1. The molecule has 0 aromatic carbocycles. The number of hydrogen-bond donors (Lipinski definition) is 1. The van der Waals surface area contributed by atoms with Crippen molar-refractivity contribution in [1.82, 2.24) is 4.57 Å². The number of rotatable bonds is 1. The molecule has 0 fully saturated rings. The normalized spacial score (nSPS) is 15.5. The number of aryl methyl sites for hydroxylation is 1. The quantitative estimate of drug-likeness (QED) is 0.703. The number of carbonyl (C=O) groups excluding carboxylic acids is 1. The van der Waals surface area contributed by atoms with Crippen LogP contribution in [0.5, 0.6) is 0 Å². The molecule has 4 nitrogen and oxygen atoms in total. The van der Waals surface area contributed by atoms with E-state index in [0.717, 1.165) is 13.0 Å². The van der Waals surface area contributed by atoms with Gasteiger partial charge in [0.15, 0.2) is 5.78 Å². The second kappa shape index (κ2) is 2.73. The highest BCUT2D eigenvalue weighted by molar-refractivity contribution is 5.98. The number of aromatic nitrogens is 1. The van der Waals surface area contributed by atoms with Gasteiger partial charge in [-0.3, -0.25) is 4.79 Å². The van der Waals surface area contributed by atoms with Crippen molar-refractivity contribution in [1.29, 1.82) is 0 Å². The van der Waals surface area contributed by atoms with Gasteiger partial charge in [-0.15, -0.1) is 0 Å². The summed E-state index contributed by atoms with van der Waals surface area (Å²) < 4.78 is 1.72. The number of nitrogens with zero attached hydrogens (tertiary/aromatic N) is 1. The van der Waals surface area contributed by atoms with Crippen LogP contribution in [-0.2, 0) is 6.54 Å². The third kappa shape index (κ3) is 1.24. The maximum Gasteiger partial charge on any atom is 0.337 e. The first-order valence-electron chi connectivity index (χ1n) is 4.15. The van der Waals surface area contributed by atoms with E-state index < -0.39 is 5.97 Å². The minimum atomic E-state index is -0.977. The number of hydrogen-bond acceptors (Lipinski definition) is 2. The lowest BCUT2D eigenvalue weighted by Crippen LogP contribution is -2.14. The molecule has 0 unspecified atom stereocenters. The van der Waals surface area contributed by atoms with Gasteiger partial charge in [-0.25, -0.2) is 4.79 Å². The van der Waals surface area contributed by atoms with Crippen molar-refractivity contribution < 1.29 is 14.7 Å². The van der Waals surface area contributed by atoms with Crippen LogP contribution in [0.15, 0.2) is 12.3 Å². The summed E-state index contributed by atoms with van der Waals surface area (Å²) in [5, 5.41) is 8.70. The number of Topliss-reactive ketones (excluding diaryl/α,β-unsaturated/α-hetero) is 1. The second-order valence-corrected chi connectivity index (χ2v) is 3.14. The highest BCUT2D eigenvalue weighted by Crippen LogP contribution is 2.17. The Balaban J connectivity index is 2.48. The predicted octanol–water partition coefficient (Wildman–Crippen LogP) is 1.16. The molecule has 1 aromatic heterocycles. The molecule has 0 atom stereocenters. The SMILES string of the molecule is O=C(O)c1cc2n(c1)CCCC2=O. The number of carboxylic acids is 1. The molecule has 1 N–H and O–H groups in total. The van der Waals surface area contributed by atoms with E-state index in [1.807, 2.05) is 0 Å². The summed E-state index contributed by atoms with van der Waals surface area (Å²) in [5.74, 6) is -0.937. The zero-order valence-electron chi connectivity index (χ0n) is 6.99. The Kier molecular flexibility index (Phi) is 1.69. The molecule has 1 aliphatic heterocycles. The third-order valence-electron chi connectivity index (χ3n) is 2.23. The summed E-state index contributed by atoms with van der Waals surface area (Å²) >= 11 is 0. The van der Waals surface area contributed by atoms with Crippen LogP contribution >= 0.6 is 0 Å². The van der Waals surface area contributed by atoms with Gasteiger partial charge in [0.1, 0.15) is 0 Å². The van der Waals surface area contributed by atoms with E-state index in [9.17, 15) is 9.59 Å². The van der Waals surface area contributed by atoms with Crippen LogP contribution in [0.25, 0.3) is 0 Å². The van der Waals surface area contributed by atoms with Crippen molar-refractivity contribution >= 4 is 11.8 Å². The van der Waals surface area contributed by atoms with Gasteiger partial charge in [-0.05, 0) is 12.5 Å². The highest BCUT2D eigenvalue weighted by atomic mass is 16.4. The lowest BCUT2D eigenvalue weighted by molar-refractivity contribution is 0.0696. The van der Waals surface area contributed by atoms with E-state index in [2.05, 4.69) is 0 Å². The fourth-order valence-corrected chi connectivity index (χ4v) is 1.59. The number of carboxylic acid groups (broad SMARTS) is 1. The highest BCUT2D eigenvalue weighted by Gasteiger charge is 2.19. The van der Waals surface area contributed by atoms with Crippen molar-refractivity contribution in [3.63, 3.8) is 0 Å². The zero-order chi connectivity index (χ0) is 9.42. The molecule has 1 aromatic rings. The lowest BCUT2D eigenvalue weighted by atomic mass is 10.1. The molecule has 0 saturated carbocycles. The van der Waals surface area contributed by atoms with E-state index >= 15 is 0 Å². The Morgan fingerprint density at radius 2 is 2.31 bits per heavy atom. The second-order valence-electron chi connectivity index (χ2n) is 3.14. The van der Waals surface area contributed by atoms with E-state index in [1.165, 1.54) is 12.3 Å². The van der Waals surface area contributed by atoms with Crippen LogP contribution in [-0.4, -0.2) is 21.4 Å². The Hall–Kier alpha value is -1.58. The molecule has 0 amide bonds. The molecular formula is C9H9NO3. The van der Waals surface area contributed by atoms with Crippen LogP contribution in [0.3, 0.4) is 0 Å². The first-order valence-corrected chi connectivity index (χ1v) is 4.15. The molecule has 0 spiro atoms. The summed E-state index contributed by atoms with van der Waals surface area (Å²) in [7, 11) is 0. The van der Waals surface area contributed by atoms with Gasteiger partial charge in [-0.1, -0.05) is 0 Å². The summed E-state index contributed by atoms with van der Waals surface area (Å²) in [6.07, 6.45) is 2.86. The minimum Gasteiger partial charge on any atom is -0.478 e. The van der Waals surface area contributed by atoms with Gasteiger partial charge in [0.2, 0.25) is 0 Å². The smallest absolute Gasteiger partial charge is 0.337 e. The molecule has 13 heavy (non-hydrogen) atoms. The van der Waals surface area contributed by atoms with Gasteiger partial charge in [0.05, 0.1) is 11.3 Å². The standard InChI is InChI=1S/C9H9NO3/c11-8-2-1-3-10-5-6(9(12)13)4-7(8)10/h4-5H,1-3H2,(H,12,13). The minimum absolute atomic E-state index is 0.0405. The van der Waals surface area contributed by atoms with Gasteiger partial charge in [0, 0.05) is 19.2 Å². The van der Waals surface area contributed by atoms with Gasteiger partial charge >= 0.3 is 5.97 Å². The van der Waals surface area contributed by atoms with Crippen molar-refractivity contribution in [2.24, 2.45) is 0 Å². The van der Waals surface area contributed by atoms with E-state index in [-0.39, 0.29) is 11.3 Å². The first kappa shape index (κ1) is 8.04. The van der Waals surface area contributed by atoms with Crippen LogP contribution < -0.4 is 0 Å². The van der Waals surface area contributed by atoms with E-state index in [0.29, 0.717) is 12.1 Å². The van der Waals surface area contributed by atoms with Gasteiger partial charge in [-0.2, -0.15) is 0 Å². The average molecular weight is 179 g/mol. The summed E-state index contributed by atoms with van der Waals surface area (Å²) in [4.78, 5) is 21.9. The molecule has 1 aliphatic rings. The van der Waals surface area contributed by atoms with Crippen LogP contribution in [0.2, 0.25) is 0 Å². The number of fused-ring (bicyclic) bond motifs is 1. The van der Waals surface area contributed by atoms with Crippen molar-refractivity contribution in [2.75, 3.05) is 0 Å². The molecule has 2 heterocycles. The Morgan fingerprint density at radius 3 is 2.92 bits per heavy atom. The fourth-order valence-electron chi connectivity index (χ4n) is 1.59. The molecule has 0 aliphatic carbocycles. The topological polar surface area (TPSA) is 59.3 Å². The van der Waals surface area contributed by atoms with E-state index in [1.54, 1.807) is 4.57 Å². The average Bonchev–Trinajstić information content (AvgIpc) is 2.49. The van der Waals surface area contributed by atoms with Crippen LogP contribution in [0.1, 0.15) is 33.7 Å². The number of aromatic carboxylic acids is 1. The number of carbonyl (C=O) groups is 2. The Morgan fingerprint density at radius 1 is 1.54 bits per heavy atom. The maximum atomic E-state index is 11.3. The summed E-state index contributed by atoms with van der Waals surface area (Å²) in [5.41, 5.74) is 0.730. The maximum absolute atomic E-state index is 11.3. The summed E-state index contributed by atoms with van der Waals surface area (Å²) in [6, 6.07) is 1.45. The molecule has 68 valence electrons. The van der Waals surface area contributed by atoms with Crippen molar-refractivity contribution in [2.45, 2.75) is 19.4 Å². The molecule has 4 heteroatoms. The van der Waals surface area contributed by atoms with Crippen LogP contribution in [0, 0.1) is 0 Å². The molecule has 2 rings (SSSR count). The lowest BCUT2D eigenvalue weighted by Gasteiger charge is -2.12. The zero-order valence-corrected chi connectivity index (χ0v) is 6.99. The Labute approximate surface area is 74.8 Å². The van der Waals surface area contributed by atoms with Gasteiger partial charge in [0.25, 0.3) is 0 Å². The predicted molar refractivity (Wildman–Crippen MR) is 45.0 cm³/mol. The van der Waals surface area contributed by atoms with E-state index in [4.69, 9.17) is 5.11 Å². The molecule has 0 saturated heterocycles. The molecule has 0 radical (unpaired) electrons. The van der Waals surface area contributed by atoms with Crippen molar-refractivity contribution in [3.8, 4) is 0 Å².